The van der Waals surface area contributed by atoms with Crippen LogP contribution in [0.2, 0.25) is 0 Å². The highest BCUT2D eigenvalue weighted by atomic mass is 31.2. The molecule has 0 fully saturated rings. The molecule has 4 heteroatoms. The molecule has 1 atom stereocenters. The van der Waals surface area contributed by atoms with Crippen molar-refractivity contribution in [2.75, 3.05) is 12.8 Å². The molecule has 0 saturated heterocycles. The van der Waals surface area contributed by atoms with Crippen molar-refractivity contribution in [3.8, 4) is 5.75 Å². The average molecular weight is 312 g/mol. The van der Waals surface area contributed by atoms with E-state index in [4.69, 9.17) is 9.05 Å². The van der Waals surface area contributed by atoms with E-state index in [1.54, 1.807) is 0 Å². The minimum absolute atomic E-state index is 0.491. The van der Waals surface area contributed by atoms with Crippen LogP contribution in [0.1, 0.15) is 57.9 Å². The van der Waals surface area contributed by atoms with Crippen molar-refractivity contribution in [3.05, 3.63) is 29.8 Å². The second kappa shape index (κ2) is 10.0. The van der Waals surface area contributed by atoms with E-state index >= 15 is 0 Å². The Kier molecular flexibility index (Phi) is 8.72. The number of hydrogen-bond acceptors (Lipinski definition) is 3. The molecule has 1 aromatic carbocycles. The molecule has 0 spiro atoms. The van der Waals surface area contributed by atoms with Crippen LogP contribution in [0.3, 0.4) is 0 Å². The Morgan fingerprint density at radius 1 is 1.05 bits per heavy atom. The molecule has 120 valence electrons. The summed E-state index contributed by atoms with van der Waals surface area (Å²) in [5, 5.41) is 0. The zero-order valence-corrected chi connectivity index (χ0v) is 14.5. The largest absolute Gasteiger partial charge is 0.424 e. The van der Waals surface area contributed by atoms with Crippen LogP contribution in [0.25, 0.3) is 0 Å². The summed E-state index contributed by atoms with van der Waals surface area (Å²) in [4.78, 5) is 0. The molecule has 1 rings (SSSR count). The van der Waals surface area contributed by atoms with Crippen molar-refractivity contribution in [1.82, 2.24) is 0 Å². The lowest BCUT2D eigenvalue weighted by molar-refractivity contribution is 0.257. The molecule has 0 radical (unpaired) electrons. The van der Waals surface area contributed by atoms with Gasteiger partial charge in [0.15, 0.2) is 0 Å². The molecule has 0 saturated carbocycles. The Hall–Kier alpha value is -0.790. The van der Waals surface area contributed by atoms with Crippen LogP contribution < -0.4 is 4.52 Å². The van der Waals surface area contributed by atoms with Gasteiger partial charge in [-0.15, -0.1) is 0 Å². The molecule has 0 aliphatic carbocycles. The van der Waals surface area contributed by atoms with Gasteiger partial charge < -0.3 is 4.52 Å². The molecular weight excluding hydrogens is 283 g/mol. The smallest absolute Gasteiger partial charge is 0.379 e. The summed E-state index contributed by atoms with van der Waals surface area (Å²) in [7, 11) is -3.03. The Morgan fingerprint density at radius 3 is 2.48 bits per heavy atom. The van der Waals surface area contributed by atoms with E-state index in [0.717, 1.165) is 31.2 Å². The first kappa shape index (κ1) is 18.3. The molecule has 21 heavy (non-hydrogen) atoms. The number of rotatable bonds is 11. The van der Waals surface area contributed by atoms with Crippen LogP contribution in [0.15, 0.2) is 24.3 Å². The van der Waals surface area contributed by atoms with Crippen LogP contribution in [0.5, 0.6) is 5.75 Å². The zero-order valence-electron chi connectivity index (χ0n) is 13.6. The Bertz CT molecular complexity index is 445. The molecule has 0 heterocycles. The first-order valence-corrected chi connectivity index (χ1v) is 9.82. The third-order valence-corrected chi connectivity index (χ3v) is 5.23. The highest BCUT2D eigenvalue weighted by Crippen LogP contribution is 2.49. The maximum Gasteiger partial charge on any atom is 0.379 e. The van der Waals surface area contributed by atoms with Crippen molar-refractivity contribution in [3.63, 3.8) is 0 Å². The van der Waals surface area contributed by atoms with E-state index in [1.807, 2.05) is 31.2 Å². The summed E-state index contributed by atoms with van der Waals surface area (Å²) in [5.41, 5.74) is 1.09. The van der Waals surface area contributed by atoms with Crippen molar-refractivity contribution in [2.45, 2.75) is 59.3 Å². The maximum atomic E-state index is 12.8. The van der Waals surface area contributed by atoms with Gasteiger partial charge in [0.1, 0.15) is 5.75 Å². The van der Waals surface area contributed by atoms with Gasteiger partial charge in [-0.3, -0.25) is 4.52 Å². The zero-order chi connectivity index (χ0) is 15.6. The maximum absolute atomic E-state index is 12.8. The number of aryl methyl sites for hydroxylation is 1. The minimum Gasteiger partial charge on any atom is -0.424 e. The third kappa shape index (κ3) is 7.68. The number of unbranched alkanes of at least 4 members (excludes halogenated alkanes) is 4. The molecule has 1 unspecified atom stereocenters. The van der Waals surface area contributed by atoms with Crippen LogP contribution in [-0.2, 0) is 9.09 Å². The molecule has 0 aliphatic heterocycles. The van der Waals surface area contributed by atoms with Gasteiger partial charge in [-0.05, 0) is 37.5 Å². The Morgan fingerprint density at radius 2 is 1.81 bits per heavy atom. The molecule has 1 aromatic rings. The number of benzene rings is 1. The Balaban J connectivity index is 2.58. The van der Waals surface area contributed by atoms with E-state index < -0.39 is 7.60 Å². The lowest BCUT2D eigenvalue weighted by Gasteiger charge is -2.19. The van der Waals surface area contributed by atoms with Gasteiger partial charge in [0.2, 0.25) is 0 Å². The second-order valence-electron chi connectivity index (χ2n) is 5.49. The highest BCUT2D eigenvalue weighted by Gasteiger charge is 2.25. The fourth-order valence-electron chi connectivity index (χ4n) is 2.05. The standard InChI is InChI=1S/C17H29O3P/c1-4-6-8-9-13-19-21(18,14-7-5-2)20-17-12-10-11-16(3)15-17/h10-12,15H,4-9,13-14H2,1-3H3. The summed E-state index contributed by atoms with van der Waals surface area (Å²) in [6.45, 7) is 6.77. The van der Waals surface area contributed by atoms with Gasteiger partial charge in [-0.2, -0.15) is 0 Å². The first-order chi connectivity index (χ1) is 10.1. The van der Waals surface area contributed by atoms with Crippen LogP contribution in [0.4, 0.5) is 0 Å². The fraction of sp³-hybridized carbons (Fsp3) is 0.647. The van der Waals surface area contributed by atoms with Crippen LogP contribution in [0, 0.1) is 6.92 Å². The van der Waals surface area contributed by atoms with Gasteiger partial charge in [-0.1, -0.05) is 51.7 Å². The topological polar surface area (TPSA) is 35.5 Å². The normalized spacial score (nSPS) is 13.9. The molecular formula is C17H29O3P. The summed E-state index contributed by atoms with van der Waals surface area (Å²) in [5.74, 6) is 0.642. The molecule has 0 aliphatic rings. The van der Waals surface area contributed by atoms with Crippen molar-refractivity contribution < 1.29 is 13.6 Å². The van der Waals surface area contributed by atoms with Crippen molar-refractivity contribution in [1.29, 1.82) is 0 Å². The monoisotopic (exact) mass is 312 g/mol. The molecule has 0 bridgehead atoms. The second-order valence-corrected chi connectivity index (χ2v) is 7.60. The summed E-state index contributed by atoms with van der Waals surface area (Å²) in [6, 6.07) is 7.65. The third-order valence-electron chi connectivity index (χ3n) is 3.31. The predicted molar refractivity (Wildman–Crippen MR) is 89.3 cm³/mol. The first-order valence-electron chi connectivity index (χ1n) is 8.09. The average Bonchev–Trinajstić information content (AvgIpc) is 2.45. The van der Waals surface area contributed by atoms with Crippen molar-refractivity contribution >= 4 is 7.60 Å². The molecule has 0 amide bonds. The molecule has 0 N–H and O–H groups in total. The number of hydrogen-bond donors (Lipinski definition) is 0. The minimum atomic E-state index is -3.03. The van der Waals surface area contributed by atoms with Gasteiger partial charge in [0.05, 0.1) is 12.8 Å². The Labute approximate surface area is 129 Å². The van der Waals surface area contributed by atoms with Gasteiger partial charge in [0.25, 0.3) is 0 Å². The van der Waals surface area contributed by atoms with Gasteiger partial charge in [0, 0.05) is 0 Å². The quantitative estimate of drug-likeness (QED) is 0.373. The summed E-state index contributed by atoms with van der Waals surface area (Å²) < 4.78 is 24.2. The lowest BCUT2D eigenvalue weighted by Crippen LogP contribution is -2.04. The van der Waals surface area contributed by atoms with Crippen molar-refractivity contribution in [2.24, 2.45) is 0 Å². The van der Waals surface area contributed by atoms with Gasteiger partial charge in [-0.25, -0.2) is 4.57 Å². The van der Waals surface area contributed by atoms with E-state index in [-0.39, 0.29) is 0 Å². The lowest BCUT2D eigenvalue weighted by atomic mass is 10.2. The van der Waals surface area contributed by atoms with E-state index in [9.17, 15) is 4.57 Å². The SMILES string of the molecule is CCCCCCOP(=O)(CCCC)Oc1cccc(C)c1. The van der Waals surface area contributed by atoms with E-state index in [0.29, 0.717) is 18.5 Å². The van der Waals surface area contributed by atoms with Gasteiger partial charge >= 0.3 is 7.60 Å². The van der Waals surface area contributed by atoms with E-state index in [1.165, 1.54) is 12.8 Å². The molecule has 0 aromatic heterocycles. The summed E-state index contributed by atoms with van der Waals surface area (Å²) >= 11 is 0. The van der Waals surface area contributed by atoms with E-state index in [2.05, 4.69) is 13.8 Å². The van der Waals surface area contributed by atoms with Crippen LogP contribution in [-0.4, -0.2) is 12.8 Å². The summed E-state index contributed by atoms with van der Waals surface area (Å²) in [6.07, 6.45) is 6.79. The predicted octanol–water partition coefficient (Wildman–Crippen LogP) is 5.96. The molecule has 3 nitrogen and oxygen atoms in total. The fourth-order valence-corrected chi connectivity index (χ4v) is 3.87. The van der Waals surface area contributed by atoms with Crippen LogP contribution >= 0.6 is 7.60 Å². The highest BCUT2D eigenvalue weighted by molar-refractivity contribution is 7.54.